The molecule has 2 atom stereocenters. The second-order valence-corrected chi connectivity index (χ2v) is 3.58. The van der Waals surface area contributed by atoms with Gasteiger partial charge in [0.25, 0.3) is 0 Å². The quantitative estimate of drug-likeness (QED) is 0.443. The summed E-state index contributed by atoms with van der Waals surface area (Å²) in [6.07, 6.45) is -2.17. The molecule has 5 nitrogen and oxygen atoms in total. The molecule has 8 heteroatoms. The summed E-state index contributed by atoms with van der Waals surface area (Å²) in [7, 11) is 0. The van der Waals surface area contributed by atoms with Gasteiger partial charge in [0.1, 0.15) is 17.3 Å². The first kappa shape index (κ1) is 17.4. The third kappa shape index (κ3) is 3.68. The largest absolute Gasteiger partial charge is 0.505 e. The Kier molecular flexibility index (Phi) is 6.51. The number of ether oxygens (including phenoxy) is 1. The average Bonchev–Trinajstić information content (AvgIpc) is 2.35. The number of carbonyl (C=O) groups is 1. The topological polar surface area (TPSA) is 98.6 Å². The number of nitrogens with two attached hydrogens (primary N) is 2. The molecule has 0 aliphatic heterocycles. The number of aromatic hydroxyl groups is 1. The van der Waals surface area contributed by atoms with E-state index in [1.807, 2.05) is 0 Å². The second-order valence-electron chi connectivity index (χ2n) is 3.58. The van der Waals surface area contributed by atoms with Crippen LogP contribution < -0.4 is 11.5 Å². The maximum Gasteiger partial charge on any atom is 0.342 e. The number of hydrogen-bond acceptors (Lipinski definition) is 5. The molecular formula is C11H15ClF2N2O3. The van der Waals surface area contributed by atoms with Crippen LogP contribution in [0.1, 0.15) is 18.5 Å². The number of carbonyl (C=O) groups excluding carboxylic acids is 1. The van der Waals surface area contributed by atoms with Crippen LogP contribution in [0.3, 0.4) is 0 Å². The molecule has 0 fully saturated rings. The van der Waals surface area contributed by atoms with Crippen LogP contribution in [-0.2, 0) is 9.53 Å². The molecule has 19 heavy (non-hydrogen) atoms. The Balaban J connectivity index is 0.00000324. The van der Waals surface area contributed by atoms with Crippen molar-refractivity contribution in [3.8, 4) is 5.75 Å². The first-order chi connectivity index (χ1) is 8.40. The molecule has 0 heterocycles. The zero-order valence-electron chi connectivity index (χ0n) is 10.1. The minimum Gasteiger partial charge on any atom is -0.505 e. The van der Waals surface area contributed by atoms with Gasteiger partial charge in [-0.05, 0) is 13.0 Å². The normalized spacial score (nSPS) is 13.3. The fourth-order valence-corrected chi connectivity index (χ4v) is 1.40. The molecule has 0 radical (unpaired) electrons. The van der Waals surface area contributed by atoms with E-state index in [1.165, 1.54) is 6.92 Å². The van der Waals surface area contributed by atoms with Gasteiger partial charge in [-0.3, -0.25) is 0 Å². The minimum absolute atomic E-state index is 0. The van der Waals surface area contributed by atoms with E-state index in [-0.39, 0.29) is 24.6 Å². The molecule has 0 aliphatic carbocycles. The molecule has 1 unspecified atom stereocenters. The highest BCUT2D eigenvalue weighted by Gasteiger charge is 2.30. The molecule has 0 saturated heterocycles. The zero-order chi connectivity index (χ0) is 13.9. The van der Waals surface area contributed by atoms with Crippen LogP contribution in [0.5, 0.6) is 5.75 Å². The maximum absolute atomic E-state index is 13.6. The summed E-state index contributed by atoms with van der Waals surface area (Å²) in [5.74, 6) is -2.67. The third-order valence-electron chi connectivity index (χ3n) is 2.38. The number of anilines is 1. The number of alkyl halides is 1. The Hall–Kier alpha value is -1.60. The standard InChI is InChI=1S/C11H14F2N2O3.ClH/c1-2-18-11(17)7(13)8(14)5-3-4-6(12)9(15)10(5)16;/h3-4,7-8,16H,2,14-15H2,1H3;1H/t7?,8-;/m1./s1. The molecule has 1 aromatic rings. The van der Waals surface area contributed by atoms with Crippen LogP contribution in [0.15, 0.2) is 12.1 Å². The van der Waals surface area contributed by atoms with Crippen molar-refractivity contribution in [2.75, 3.05) is 12.3 Å². The highest BCUT2D eigenvalue weighted by Crippen LogP contribution is 2.33. The SMILES string of the molecule is CCOC(=O)C(F)[C@H](N)c1ccc(F)c(N)c1O.Cl. The highest BCUT2D eigenvalue weighted by molar-refractivity contribution is 5.85. The number of halogens is 3. The average molecular weight is 297 g/mol. The molecule has 5 N–H and O–H groups in total. The molecule has 0 saturated carbocycles. The van der Waals surface area contributed by atoms with Crippen LogP contribution in [0, 0.1) is 5.82 Å². The van der Waals surface area contributed by atoms with E-state index >= 15 is 0 Å². The summed E-state index contributed by atoms with van der Waals surface area (Å²) in [4.78, 5) is 11.2. The van der Waals surface area contributed by atoms with E-state index in [2.05, 4.69) is 4.74 Å². The molecule has 0 aromatic heterocycles. The monoisotopic (exact) mass is 296 g/mol. The van der Waals surface area contributed by atoms with Gasteiger partial charge in [-0.15, -0.1) is 12.4 Å². The Morgan fingerprint density at radius 2 is 2.11 bits per heavy atom. The molecule has 0 spiro atoms. The van der Waals surface area contributed by atoms with Gasteiger partial charge in [0.05, 0.1) is 12.6 Å². The van der Waals surface area contributed by atoms with Crippen LogP contribution in [0.4, 0.5) is 14.5 Å². The lowest BCUT2D eigenvalue weighted by Crippen LogP contribution is -2.31. The minimum atomic E-state index is -2.17. The van der Waals surface area contributed by atoms with E-state index in [9.17, 15) is 18.7 Å². The molecular weight excluding hydrogens is 282 g/mol. The maximum atomic E-state index is 13.6. The van der Waals surface area contributed by atoms with Gasteiger partial charge in [-0.25, -0.2) is 13.6 Å². The highest BCUT2D eigenvalue weighted by atomic mass is 35.5. The molecule has 1 aromatic carbocycles. The fraction of sp³-hybridized carbons (Fsp3) is 0.364. The summed E-state index contributed by atoms with van der Waals surface area (Å²) in [6, 6.07) is 0.520. The van der Waals surface area contributed by atoms with E-state index in [1.54, 1.807) is 0 Å². The lowest BCUT2D eigenvalue weighted by molar-refractivity contribution is -0.149. The van der Waals surface area contributed by atoms with Crippen LogP contribution >= 0.6 is 12.4 Å². The van der Waals surface area contributed by atoms with Crippen molar-refractivity contribution in [2.45, 2.75) is 19.1 Å². The van der Waals surface area contributed by atoms with Crippen molar-refractivity contribution in [3.63, 3.8) is 0 Å². The van der Waals surface area contributed by atoms with Crippen molar-refractivity contribution in [2.24, 2.45) is 5.73 Å². The second kappa shape index (κ2) is 7.10. The van der Waals surface area contributed by atoms with E-state index in [0.29, 0.717) is 0 Å². The number of hydrogen-bond donors (Lipinski definition) is 3. The molecule has 108 valence electrons. The van der Waals surface area contributed by atoms with E-state index in [0.717, 1.165) is 12.1 Å². The molecule has 0 bridgehead atoms. The first-order valence-electron chi connectivity index (χ1n) is 5.23. The van der Waals surface area contributed by atoms with Crippen LogP contribution in [0.2, 0.25) is 0 Å². The van der Waals surface area contributed by atoms with Crippen molar-refractivity contribution in [1.29, 1.82) is 0 Å². The number of phenols is 1. The van der Waals surface area contributed by atoms with E-state index in [4.69, 9.17) is 11.5 Å². The molecule has 0 aliphatic rings. The number of phenolic OH excluding ortho intramolecular Hbond substituents is 1. The summed E-state index contributed by atoms with van der Waals surface area (Å²) >= 11 is 0. The van der Waals surface area contributed by atoms with Crippen LogP contribution in [0.25, 0.3) is 0 Å². The lowest BCUT2D eigenvalue weighted by atomic mass is 10.0. The van der Waals surface area contributed by atoms with Crippen LogP contribution in [-0.4, -0.2) is 23.9 Å². The van der Waals surface area contributed by atoms with Gasteiger partial charge >= 0.3 is 5.97 Å². The van der Waals surface area contributed by atoms with Gasteiger partial charge in [0.15, 0.2) is 0 Å². The lowest BCUT2D eigenvalue weighted by Gasteiger charge is -2.17. The Labute approximate surface area is 114 Å². The summed E-state index contributed by atoms with van der Waals surface area (Å²) in [6.45, 7) is 1.52. The van der Waals surface area contributed by atoms with Gasteiger partial charge < -0.3 is 21.3 Å². The zero-order valence-corrected chi connectivity index (χ0v) is 10.9. The van der Waals surface area contributed by atoms with E-state index < -0.39 is 35.4 Å². The van der Waals surface area contributed by atoms with Gasteiger partial charge in [0, 0.05) is 5.56 Å². The number of nitrogen functional groups attached to an aromatic ring is 1. The van der Waals surface area contributed by atoms with Gasteiger partial charge in [0.2, 0.25) is 6.17 Å². The van der Waals surface area contributed by atoms with Crippen molar-refractivity contribution < 1.29 is 23.4 Å². The predicted octanol–water partition coefficient (Wildman–Crippen LogP) is 1.44. The van der Waals surface area contributed by atoms with Crippen molar-refractivity contribution in [1.82, 2.24) is 0 Å². The smallest absolute Gasteiger partial charge is 0.342 e. The number of rotatable bonds is 4. The predicted molar refractivity (Wildman–Crippen MR) is 68.2 cm³/mol. The summed E-state index contributed by atoms with van der Waals surface area (Å²) < 4.78 is 31.1. The number of benzene rings is 1. The number of esters is 1. The van der Waals surface area contributed by atoms with Crippen molar-refractivity contribution >= 4 is 24.1 Å². The molecule has 1 rings (SSSR count). The van der Waals surface area contributed by atoms with Gasteiger partial charge in [-0.1, -0.05) is 6.07 Å². The Morgan fingerprint density at radius 1 is 1.53 bits per heavy atom. The Morgan fingerprint density at radius 3 is 2.63 bits per heavy atom. The molecule has 0 amide bonds. The van der Waals surface area contributed by atoms with Crippen molar-refractivity contribution in [3.05, 3.63) is 23.5 Å². The first-order valence-corrected chi connectivity index (χ1v) is 5.23. The Bertz CT molecular complexity index is 460. The fourth-order valence-electron chi connectivity index (χ4n) is 1.40. The summed E-state index contributed by atoms with van der Waals surface area (Å²) in [5.41, 5.74) is 10.0. The summed E-state index contributed by atoms with van der Waals surface area (Å²) in [5, 5.41) is 9.55. The third-order valence-corrected chi connectivity index (χ3v) is 2.38. The van der Waals surface area contributed by atoms with Gasteiger partial charge in [-0.2, -0.15) is 0 Å².